The molecule has 1 atom stereocenters. The predicted molar refractivity (Wildman–Crippen MR) is 49.1 cm³/mol. The van der Waals surface area contributed by atoms with Crippen molar-refractivity contribution < 1.29 is 4.74 Å². The van der Waals surface area contributed by atoms with Crippen LogP contribution >= 0.6 is 0 Å². The van der Waals surface area contributed by atoms with Crippen LogP contribution in [0.15, 0.2) is 0 Å². The van der Waals surface area contributed by atoms with Crippen LogP contribution in [-0.2, 0) is 4.74 Å². The highest BCUT2D eigenvalue weighted by Gasteiger charge is 2.23. The van der Waals surface area contributed by atoms with Crippen molar-refractivity contribution in [2.45, 2.75) is 19.3 Å². The van der Waals surface area contributed by atoms with Crippen LogP contribution in [0.4, 0.5) is 0 Å². The summed E-state index contributed by atoms with van der Waals surface area (Å²) < 4.78 is 5.66. The Morgan fingerprint density at radius 1 is 1.17 bits per heavy atom. The van der Waals surface area contributed by atoms with Crippen molar-refractivity contribution in [2.75, 3.05) is 33.4 Å². The van der Waals surface area contributed by atoms with Crippen molar-refractivity contribution in [3.63, 3.8) is 0 Å². The SMILES string of the molecule is CN1CCC(COCC2CC2)C1. The van der Waals surface area contributed by atoms with Gasteiger partial charge in [0.1, 0.15) is 0 Å². The zero-order valence-electron chi connectivity index (χ0n) is 7.96. The number of ether oxygens (including phenoxy) is 1. The lowest BCUT2D eigenvalue weighted by molar-refractivity contribution is 0.0939. The fourth-order valence-corrected chi connectivity index (χ4v) is 1.85. The second kappa shape index (κ2) is 3.75. The van der Waals surface area contributed by atoms with E-state index >= 15 is 0 Å². The second-order valence-electron chi connectivity index (χ2n) is 4.40. The molecule has 1 aliphatic heterocycles. The minimum atomic E-state index is 0.814. The molecule has 0 aromatic rings. The van der Waals surface area contributed by atoms with Crippen molar-refractivity contribution >= 4 is 0 Å². The third kappa shape index (κ3) is 2.46. The smallest absolute Gasteiger partial charge is 0.0507 e. The lowest BCUT2D eigenvalue weighted by Gasteiger charge is -2.10. The Morgan fingerprint density at radius 2 is 1.92 bits per heavy atom. The van der Waals surface area contributed by atoms with Gasteiger partial charge < -0.3 is 9.64 Å². The molecule has 0 aromatic heterocycles. The van der Waals surface area contributed by atoms with E-state index in [1.807, 2.05) is 0 Å². The fraction of sp³-hybridized carbons (Fsp3) is 1.00. The molecule has 2 aliphatic rings. The molecule has 12 heavy (non-hydrogen) atoms. The molecule has 2 nitrogen and oxygen atoms in total. The highest BCUT2D eigenvalue weighted by molar-refractivity contribution is 4.74. The van der Waals surface area contributed by atoms with Crippen LogP contribution in [0.1, 0.15) is 19.3 Å². The van der Waals surface area contributed by atoms with E-state index in [9.17, 15) is 0 Å². The Hall–Kier alpha value is -0.0800. The third-order valence-corrected chi connectivity index (χ3v) is 2.89. The molecule has 1 saturated carbocycles. The first-order valence-electron chi connectivity index (χ1n) is 5.11. The van der Waals surface area contributed by atoms with Gasteiger partial charge in [0.05, 0.1) is 6.61 Å². The molecule has 2 fully saturated rings. The summed E-state index contributed by atoms with van der Waals surface area (Å²) in [7, 11) is 2.20. The van der Waals surface area contributed by atoms with Crippen LogP contribution < -0.4 is 0 Å². The topological polar surface area (TPSA) is 12.5 Å². The van der Waals surface area contributed by atoms with Gasteiger partial charge in [-0.3, -0.25) is 0 Å². The molecule has 70 valence electrons. The minimum absolute atomic E-state index is 0.814. The monoisotopic (exact) mass is 169 g/mol. The summed E-state index contributed by atoms with van der Waals surface area (Å²) in [6.45, 7) is 4.53. The Morgan fingerprint density at radius 3 is 2.50 bits per heavy atom. The van der Waals surface area contributed by atoms with Gasteiger partial charge in [-0.15, -0.1) is 0 Å². The lowest BCUT2D eigenvalue weighted by atomic mass is 10.1. The van der Waals surface area contributed by atoms with Crippen LogP contribution in [0.5, 0.6) is 0 Å². The van der Waals surface area contributed by atoms with Crippen LogP contribution in [0.3, 0.4) is 0 Å². The number of hydrogen-bond donors (Lipinski definition) is 0. The molecule has 0 aromatic carbocycles. The van der Waals surface area contributed by atoms with Crippen molar-refractivity contribution in [1.82, 2.24) is 4.90 Å². The van der Waals surface area contributed by atoms with Crippen molar-refractivity contribution in [1.29, 1.82) is 0 Å². The molecular weight excluding hydrogens is 150 g/mol. The maximum Gasteiger partial charge on any atom is 0.0507 e. The summed E-state index contributed by atoms with van der Waals surface area (Å²) in [5.74, 6) is 1.73. The van der Waals surface area contributed by atoms with E-state index in [1.54, 1.807) is 0 Å². The summed E-state index contributed by atoms with van der Waals surface area (Å²) in [6, 6.07) is 0. The maximum absolute atomic E-state index is 5.66. The Kier molecular flexibility index (Phi) is 2.66. The molecule has 0 radical (unpaired) electrons. The predicted octanol–water partition coefficient (Wildman–Crippen LogP) is 1.36. The fourth-order valence-electron chi connectivity index (χ4n) is 1.85. The van der Waals surface area contributed by atoms with Gasteiger partial charge in [-0.05, 0) is 44.7 Å². The molecule has 0 bridgehead atoms. The number of rotatable bonds is 4. The third-order valence-electron chi connectivity index (χ3n) is 2.89. The first-order valence-corrected chi connectivity index (χ1v) is 5.11. The van der Waals surface area contributed by atoms with Gasteiger partial charge in [0.2, 0.25) is 0 Å². The quantitative estimate of drug-likeness (QED) is 0.630. The van der Waals surface area contributed by atoms with Crippen LogP contribution in [0.2, 0.25) is 0 Å². The normalized spacial score (nSPS) is 31.2. The van der Waals surface area contributed by atoms with E-state index in [2.05, 4.69) is 11.9 Å². The maximum atomic E-state index is 5.66. The molecule has 2 rings (SSSR count). The summed E-state index contributed by atoms with van der Waals surface area (Å²) in [6.07, 6.45) is 4.15. The van der Waals surface area contributed by atoms with Crippen LogP contribution in [0, 0.1) is 11.8 Å². The zero-order chi connectivity index (χ0) is 8.39. The van der Waals surface area contributed by atoms with E-state index < -0.39 is 0 Å². The average molecular weight is 169 g/mol. The molecule has 0 amide bonds. The molecule has 1 saturated heterocycles. The van der Waals surface area contributed by atoms with Gasteiger partial charge in [-0.25, -0.2) is 0 Å². The number of nitrogens with zero attached hydrogens (tertiary/aromatic N) is 1. The largest absolute Gasteiger partial charge is 0.381 e. The number of likely N-dealkylation sites (tertiary alicyclic amines) is 1. The van der Waals surface area contributed by atoms with Gasteiger partial charge in [-0.1, -0.05) is 0 Å². The van der Waals surface area contributed by atoms with E-state index in [1.165, 1.54) is 32.4 Å². The minimum Gasteiger partial charge on any atom is -0.381 e. The molecule has 2 heteroatoms. The first-order chi connectivity index (χ1) is 5.84. The summed E-state index contributed by atoms with van der Waals surface area (Å²) in [5, 5.41) is 0. The van der Waals surface area contributed by atoms with Gasteiger partial charge in [0, 0.05) is 13.2 Å². The molecular formula is C10H19NO. The van der Waals surface area contributed by atoms with E-state index in [4.69, 9.17) is 4.74 Å². The molecule has 1 aliphatic carbocycles. The van der Waals surface area contributed by atoms with Crippen LogP contribution in [0.25, 0.3) is 0 Å². The Labute approximate surface area is 74.9 Å². The van der Waals surface area contributed by atoms with Gasteiger partial charge in [-0.2, -0.15) is 0 Å². The standard InChI is InChI=1S/C10H19NO/c1-11-5-4-10(6-11)8-12-7-9-2-3-9/h9-10H,2-8H2,1H3. The molecule has 1 unspecified atom stereocenters. The summed E-state index contributed by atoms with van der Waals surface area (Å²) in [4.78, 5) is 2.39. The Bertz CT molecular complexity index is 145. The molecule has 0 N–H and O–H groups in total. The lowest BCUT2D eigenvalue weighted by Crippen LogP contribution is -2.17. The van der Waals surface area contributed by atoms with Crippen molar-refractivity contribution in [2.24, 2.45) is 11.8 Å². The number of hydrogen-bond acceptors (Lipinski definition) is 2. The molecule has 0 spiro atoms. The van der Waals surface area contributed by atoms with E-state index in [0.29, 0.717) is 0 Å². The second-order valence-corrected chi connectivity index (χ2v) is 4.40. The van der Waals surface area contributed by atoms with Crippen molar-refractivity contribution in [3.8, 4) is 0 Å². The summed E-state index contributed by atoms with van der Waals surface area (Å²) in [5.41, 5.74) is 0. The molecule has 1 heterocycles. The van der Waals surface area contributed by atoms with Gasteiger partial charge in [0.15, 0.2) is 0 Å². The Balaban J connectivity index is 1.54. The van der Waals surface area contributed by atoms with Gasteiger partial charge in [0.25, 0.3) is 0 Å². The highest BCUT2D eigenvalue weighted by Crippen LogP contribution is 2.29. The zero-order valence-corrected chi connectivity index (χ0v) is 7.96. The van der Waals surface area contributed by atoms with Crippen LogP contribution in [-0.4, -0.2) is 38.3 Å². The van der Waals surface area contributed by atoms with Crippen molar-refractivity contribution in [3.05, 3.63) is 0 Å². The average Bonchev–Trinajstić information content (AvgIpc) is 2.76. The summed E-state index contributed by atoms with van der Waals surface area (Å²) >= 11 is 0. The van der Waals surface area contributed by atoms with Gasteiger partial charge >= 0.3 is 0 Å². The first kappa shape index (κ1) is 8.52. The van der Waals surface area contributed by atoms with E-state index in [0.717, 1.165) is 25.0 Å². The van der Waals surface area contributed by atoms with E-state index in [-0.39, 0.29) is 0 Å². The highest BCUT2D eigenvalue weighted by atomic mass is 16.5.